The van der Waals surface area contributed by atoms with Crippen LogP contribution in [-0.2, 0) is 11.3 Å². The Hall–Kier alpha value is -1.21. The lowest BCUT2D eigenvalue weighted by molar-refractivity contribution is -0.142. The van der Waals surface area contributed by atoms with Crippen LogP contribution in [-0.4, -0.2) is 35.2 Å². The predicted octanol–water partition coefficient (Wildman–Crippen LogP) is 3.10. The van der Waals surface area contributed by atoms with Crippen LogP contribution in [0.15, 0.2) is 22.7 Å². The van der Waals surface area contributed by atoms with Crippen LogP contribution in [0.3, 0.4) is 0 Å². The van der Waals surface area contributed by atoms with Crippen molar-refractivity contribution in [2.45, 2.75) is 32.0 Å². The van der Waals surface area contributed by atoms with Crippen LogP contribution in [0, 0.1) is 0 Å². The van der Waals surface area contributed by atoms with Crippen LogP contribution < -0.4 is 4.74 Å². The summed E-state index contributed by atoms with van der Waals surface area (Å²) in [6.45, 7) is -1.67. The smallest absolute Gasteiger partial charge is 0.387 e. The van der Waals surface area contributed by atoms with Crippen LogP contribution in [0.2, 0.25) is 0 Å². The Labute approximate surface area is 123 Å². The van der Waals surface area contributed by atoms with Gasteiger partial charge in [-0.05, 0) is 53.0 Å². The first-order chi connectivity index (χ1) is 9.47. The molecule has 1 aliphatic rings. The molecule has 7 heteroatoms. The topological polar surface area (TPSA) is 49.8 Å². The Morgan fingerprint density at radius 3 is 2.90 bits per heavy atom. The molecule has 0 amide bonds. The molecule has 1 N–H and O–H groups in total. The van der Waals surface area contributed by atoms with Crippen LogP contribution in [0.25, 0.3) is 0 Å². The molecule has 0 aromatic heterocycles. The number of benzene rings is 1. The average molecular weight is 350 g/mol. The number of ether oxygens (including phenoxy) is 1. The summed E-state index contributed by atoms with van der Waals surface area (Å²) in [5, 5.41) is 9.11. The van der Waals surface area contributed by atoms with E-state index in [0.29, 0.717) is 17.4 Å². The minimum atomic E-state index is -2.87. The van der Waals surface area contributed by atoms with Gasteiger partial charge in [-0.3, -0.25) is 9.69 Å². The van der Waals surface area contributed by atoms with Crippen molar-refractivity contribution in [3.05, 3.63) is 28.2 Å². The molecular weight excluding hydrogens is 336 g/mol. The third-order valence-corrected chi connectivity index (χ3v) is 3.87. The first-order valence-electron chi connectivity index (χ1n) is 6.17. The third kappa shape index (κ3) is 3.67. The highest BCUT2D eigenvalue weighted by molar-refractivity contribution is 9.10. The second-order valence-corrected chi connectivity index (χ2v) is 5.46. The molecule has 2 rings (SSSR count). The van der Waals surface area contributed by atoms with Crippen molar-refractivity contribution in [3.8, 4) is 5.75 Å². The number of hydrogen-bond donors (Lipinski definition) is 1. The lowest BCUT2D eigenvalue weighted by Crippen LogP contribution is -2.35. The second-order valence-electron chi connectivity index (χ2n) is 4.61. The van der Waals surface area contributed by atoms with Gasteiger partial charge in [0.1, 0.15) is 11.8 Å². The number of carbonyl (C=O) groups is 1. The van der Waals surface area contributed by atoms with Crippen LogP contribution in [0.5, 0.6) is 5.75 Å². The fraction of sp³-hybridized carbons (Fsp3) is 0.462. The third-order valence-electron chi connectivity index (χ3n) is 3.25. The Bertz CT molecular complexity index is 499. The predicted molar refractivity (Wildman–Crippen MR) is 71.8 cm³/mol. The van der Waals surface area contributed by atoms with E-state index in [1.807, 2.05) is 4.90 Å². The minimum Gasteiger partial charge on any atom is -0.480 e. The molecule has 1 fully saturated rings. The van der Waals surface area contributed by atoms with Crippen LogP contribution >= 0.6 is 15.9 Å². The van der Waals surface area contributed by atoms with Crippen molar-refractivity contribution in [1.82, 2.24) is 4.90 Å². The minimum absolute atomic E-state index is 0.0694. The summed E-state index contributed by atoms with van der Waals surface area (Å²) in [6.07, 6.45) is 1.49. The molecule has 4 nitrogen and oxygen atoms in total. The number of carboxylic acids is 1. The molecule has 1 heterocycles. The van der Waals surface area contributed by atoms with Crippen molar-refractivity contribution < 1.29 is 23.4 Å². The van der Waals surface area contributed by atoms with Crippen LogP contribution in [0.4, 0.5) is 8.78 Å². The summed E-state index contributed by atoms with van der Waals surface area (Å²) in [5.41, 5.74) is 0.853. The second kappa shape index (κ2) is 6.49. The normalized spacial score (nSPS) is 19.5. The summed E-state index contributed by atoms with van der Waals surface area (Å²) in [5.74, 6) is -0.751. The van der Waals surface area contributed by atoms with Gasteiger partial charge in [-0.1, -0.05) is 6.07 Å². The van der Waals surface area contributed by atoms with E-state index in [1.54, 1.807) is 12.1 Å². The van der Waals surface area contributed by atoms with Gasteiger partial charge in [0.25, 0.3) is 0 Å². The summed E-state index contributed by atoms with van der Waals surface area (Å²) >= 11 is 3.18. The SMILES string of the molecule is O=C(O)C1CCCN1Cc1ccc(OC(F)F)c(Br)c1. The van der Waals surface area contributed by atoms with Gasteiger partial charge in [-0.15, -0.1) is 0 Å². The number of rotatable bonds is 5. The zero-order valence-corrected chi connectivity index (χ0v) is 12.1. The van der Waals surface area contributed by atoms with Gasteiger partial charge >= 0.3 is 12.6 Å². The number of hydrogen-bond acceptors (Lipinski definition) is 3. The molecule has 1 aromatic carbocycles. The molecule has 1 aliphatic heterocycles. The lowest BCUT2D eigenvalue weighted by atomic mass is 10.2. The highest BCUT2D eigenvalue weighted by Crippen LogP contribution is 2.29. The maximum absolute atomic E-state index is 12.2. The maximum atomic E-state index is 12.2. The van der Waals surface area contributed by atoms with E-state index in [4.69, 9.17) is 5.11 Å². The van der Waals surface area contributed by atoms with E-state index in [-0.39, 0.29) is 5.75 Å². The van der Waals surface area contributed by atoms with Gasteiger partial charge in [0.15, 0.2) is 0 Å². The van der Waals surface area contributed by atoms with E-state index >= 15 is 0 Å². The molecule has 0 saturated carbocycles. The molecule has 1 atom stereocenters. The molecule has 0 aliphatic carbocycles. The van der Waals surface area contributed by atoms with Gasteiger partial charge in [0.05, 0.1) is 4.47 Å². The van der Waals surface area contributed by atoms with E-state index < -0.39 is 18.6 Å². The number of halogens is 3. The number of carboxylic acid groups (broad SMARTS) is 1. The van der Waals surface area contributed by atoms with Crippen molar-refractivity contribution in [2.24, 2.45) is 0 Å². The van der Waals surface area contributed by atoms with Crippen molar-refractivity contribution in [2.75, 3.05) is 6.54 Å². The summed E-state index contributed by atoms with van der Waals surface area (Å²) in [6, 6.07) is 4.33. The van der Waals surface area contributed by atoms with E-state index in [0.717, 1.165) is 18.5 Å². The highest BCUT2D eigenvalue weighted by atomic mass is 79.9. The fourth-order valence-corrected chi connectivity index (χ4v) is 2.88. The Kier molecular flexibility index (Phi) is 4.93. The Morgan fingerprint density at radius 1 is 1.55 bits per heavy atom. The first kappa shape index (κ1) is 15.2. The van der Waals surface area contributed by atoms with Crippen LogP contribution in [0.1, 0.15) is 18.4 Å². The van der Waals surface area contributed by atoms with E-state index in [9.17, 15) is 13.6 Å². The molecule has 20 heavy (non-hydrogen) atoms. The molecule has 0 radical (unpaired) electrons. The fourth-order valence-electron chi connectivity index (χ4n) is 2.36. The molecule has 0 spiro atoms. The number of aliphatic carboxylic acids is 1. The zero-order chi connectivity index (χ0) is 14.7. The number of alkyl halides is 2. The molecule has 110 valence electrons. The summed E-state index contributed by atoms with van der Waals surface area (Å²) in [7, 11) is 0. The highest BCUT2D eigenvalue weighted by Gasteiger charge is 2.30. The van der Waals surface area contributed by atoms with Gasteiger partial charge in [-0.25, -0.2) is 0 Å². The summed E-state index contributed by atoms with van der Waals surface area (Å²) in [4.78, 5) is 13.0. The number of likely N-dealkylation sites (tertiary alicyclic amines) is 1. The lowest BCUT2D eigenvalue weighted by Gasteiger charge is -2.21. The molecular formula is C13H14BrF2NO3. The van der Waals surface area contributed by atoms with Crippen molar-refractivity contribution in [3.63, 3.8) is 0 Å². The van der Waals surface area contributed by atoms with Gasteiger partial charge < -0.3 is 9.84 Å². The maximum Gasteiger partial charge on any atom is 0.387 e. The van der Waals surface area contributed by atoms with Gasteiger partial charge in [0.2, 0.25) is 0 Å². The molecule has 1 saturated heterocycles. The molecule has 0 bridgehead atoms. The van der Waals surface area contributed by atoms with E-state index in [2.05, 4.69) is 20.7 Å². The first-order valence-corrected chi connectivity index (χ1v) is 6.97. The van der Waals surface area contributed by atoms with Crippen molar-refractivity contribution >= 4 is 21.9 Å². The van der Waals surface area contributed by atoms with Gasteiger partial charge in [-0.2, -0.15) is 8.78 Å². The van der Waals surface area contributed by atoms with E-state index in [1.165, 1.54) is 6.07 Å². The average Bonchev–Trinajstić information content (AvgIpc) is 2.80. The number of nitrogens with zero attached hydrogens (tertiary/aromatic N) is 1. The Balaban J connectivity index is 2.06. The standard InChI is InChI=1S/C13H14BrF2NO3/c14-9-6-8(3-4-11(9)20-13(15)16)7-17-5-1-2-10(17)12(18)19/h3-4,6,10,13H,1-2,5,7H2,(H,18,19). The zero-order valence-electron chi connectivity index (χ0n) is 10.6. The van der Waals surface area contributed by atoms with Gasteiger partial charge in [0, 0.05) is 6.54 Å². The summed E-state index contributed by atoms with van der Waals surface area (Å²) < 4.78 is 29.1. The molecule has 1 unspecified atom stereocenters. The van der Waals surface area contributed by atoms with Crippen molar-refractivity contribution in [1.29, 1.82) is 0 Å². The Morgan fingerprint density at radius 2 is 2.30 bits per heavy atom. The largest absolute Gasteiger partial charge is 0.480 e. The molecule has 1 aromatic rings. The quantitative estimate of drug-likeness (QED) is 0.887. The monoisotopic (exact) mass is 349 g/mol.